The van der Waals surface area contributed by atoms with E-state index in [-0.39, 0.29) is 5.91 Å². The Bertz CT molecular complexity index is 363. The van der Waals surface area contributed by atoms with Crippen molar-refractivity contribution in [2.24, 2.45) is 0 Å². The highest BCUT2D eigenvalue weighted by Crippen LogP contribution is 2.24. The van der Waals surface area contributed by atoms with Crippen LogP contribution in [0.5, 0.6) is 0 Å². The molecule has 0 unspecified atom stereocenters. The SMILES string of the molecule is CNC(=O)c1cc(Cl)cc(C)c1NC. The van der Waals surface area contributed by atoms with Crippen LogP contribution in [0.4, 0.5) is 5.69 Å². The standard InChI is InChI=1S/C10H13ClN2O/c1-6-4-7(11)5-8(9(6)12-2)10(14)13-3/h4-5,12H,1-3H3,(H,13,14). The van der Waals surface area contributed by atoms with Gasteiger partial charge in [0.2, 0.25) is 0 Å². The van der Waals surface area contributed by atoms with Gasteiger partial charge in [-0.2, -0.15) is 0 Å². The summed E-state index contributed by atoms with van der Waals surface area (Å²) >= 11 is 5.87. The monoisotopic (exact) mass is 212 g/mol. The third-order valence-corrected chi connectivity index (χ3v) is 2.24. The Kier molecular flexibility index (Phi) is 3.36. The van der Waals surface area contributed by atoms with Crippen molar-refractivity contribution in [3.05, 3.63) is 28.3 Å². The van der Waals surface area contributed by atoms with Gasteiger partial charge in [-0.05, 0) is 24.6 Å². The fourth-order valence-corrected chi connectivity index (χ4v) is 1.66. The summed E-state index contributed by atoms with van der Waals surface area (Å²) in [6, 6.07) is 3.47. The Morgan fingerprint density at radius 1 is 1.36 bits per heavy atom. The van der Waals surface area contributed by atoms with Crippen LogP contribution in [0, 0.1) is 6.92 Å². The van der Waals surface area contributed by atoms with Crippen molar-refractivity contribution in [2.45, 2.75) is 6.92 Å². The van der Waals surface area contributed by atoms with Crippen molar-refractivity contribution in [3.63, 3.8) is 0 Å². The van der Waals surface area contributed by atoms with Crippen molar-refractivity contribution >= 4 is 23.2 Å². The molecule has 1 aromatic carbocycles. The average Bonchev–Trinajstić information content (AvgIpc) is 2.15. The van der Waals surface area contributed by atoms with Gasteiger partial charge in [-0.1, -0.05) is 11.6 Å². The maximum Gasteiger partial charge on any atom is 0.253 e. The highest BCUT2D eigenvalue weighted by Gasteiger charge is 2.12. The Balaban J connectivity index is 3.32. The van der Waals surface area contributed by atoms with E-state index in [4.69, 9.17) is 11.6 Å². The number of hydrogen-bond donors (Lipinski definition) is 2. The first-order valence-electron chi connectivity index (χ1n) is 4.30. The maximum absolute atomic E-state index is 11.5. The lowest BCUT2D eigenvalue weighted by Gasteiger charge is -2.11. The van der Waals surface area contributed by atoms with Crippen LogP contribution in [-0.4, -0.2) is 20.0 Å². The Morgan fingerprint density at radius 3 is 2.50 bits per heavy atom. The van der Waals surface area contributed by atoms with Gasteiger partial charge in [-0.15, -0.1) is 0 Å². The van der Waals surface area contributed by atoms with Gasteiger partial charge in [0.25, 0.3) is 5.91 Å². The molecule has 0 aliphatic rings. The van der Waals surface area contributed by atoms with Crippen LogP contribution in [0.25, 0.3) is 0 Å². The number of carbonyl (C=O) groups excluding carboxylic acids is 1. The summed E-state index contributed by atoms with van der Waals surface area (Å²) in [7, 11) is 3.38. The van der Waals surface area contributed by atoms with E-state index in [9.17, 15) is 4.79 Å². The quantitative estimate of drug-likeness (QED) is 0.788. The molecule has 1 amide bonds. The number of nitrogens with one attached hydrogen (secondary N) is 2. The molecule has 0 atom stereocenters. The molecule has 0 aliphatic carbocycles. The summed E-state index contributed by atoms with van der Waals surface area (Å²) in [5.41, 5.74) is 2.34. The first-order chi connectivity index (χ1) is 6.60. The van der Waals surface area contributed by atoms with Crippen LogP contribution in [0.15, 0.2) is 12.1 Å². The van der Waals surface area contributed by atoms with E-state index in [1.807, 2.05) is 13.0 Å². The maximum atomic E-state index is 11.5. The predicted octanol–water partition coefficient (Wildman–Crippen LogP) is 2.05. The highest BCUT2D eigenvalue weighted by molar-refractivity contribution is 6.31. The predicted molar refractivity (Wildman–Crippen MR) is 59.1 cm³/mol. The second-order valence-electron chi connectivity index (χ2n) is 2.97. The molecule has 0 aliphatic heterocycles. The van der Waals surface area contributed by atoms with E-state index >= 15 is 0 Å². The van der Waals surface area contributed by atoms with Crippen LogP contribution in [-0.2, 0) is 0 Å². The summed E-state index contributed by atoms with van der Waals surface area (Å²) in [5, 5.41) is 6.13. The topological polar surface area (TPSA) is 41.1 Å². The molecule has 0 spiro atoms. The molecule has 76 valence electrons. The summed E-state index contributed by atoms with van der Waals surface area (Å²) in [6.45, 7) is 1.91. The van der Waals surface area contributed by atoms with E-state index in [1.54, 1.807) is 20.2 Å². The molecule has 0 saturated heterocycles. The third kappa shape index (κ3) is 1.99. The van der Waals surface area contributed by atoms with E-state index in [2.05, 4.69) is 10.6 Å². The summed E-state index contributed by atoms with van der Waals surface area (Å²) in [6.07, 6.45) is 0. The summed E-state index contributed by atoms with van der Waals surface area (Å²) < 4.78 is 0. The fraction of sp³-hybridized carbons (Fsp3) is 0.300. The van der Waals surface area contributed by atoms with Crippen LogP contribution in [0.3, 0.4) is 0 Å². The van der Waals surface area contributed by atoms with E-state index in [1.165, 1.54) is 0 Å². The lowest BCUT2D eigenvalue weighted by Crippen LogP contribution is -2.19. The number of hydrogen-bond acceptors (Lipinski definition) is 2. The molecule has 0 radical (unpaired) electrons. The molecular formula is C10H13ClN2O. The number of anilines is 1. The molecule has 0 bridgehead atoms. The zero-order valence-corrected chi connectivity index (χ0v) is 9.20. The van der Waals surface area contributed by atoms with Crippen LogP contribution >= 0.6 is 11.6 Å². The van der Waals surface area contributed by atoms with Gasteiger partial charge < -0.3 is 10.6 Å². The molecule has 14 heavy (non-hydrogen) atoms. The largest absolute Gasteiger partial charge is 0.387 e. The summed E-state index contributed by atoms with van der Waals surface area (Å²) in [5.74, 6) is -0.139. The second kappa shape index (κ2) is 4.33. The first-order valence-corrected chi connectivity index (χ1v) is 4.68. The zero-order valence-electron chi connectivity index (χ0n) is 8.44. The Hall–Kier alpha value is -1.22. The molecule has 2 N–H and O–H groups in total. The molecule has 3 nitrogen and oxygen atoms in total. The van der Waals surface area contributed by atoms with Gasteiger partial charge in [0.1, 0.15) is 0 Å². The van der Waals surface area contributed by atoms with Crippen LogP contribution in [0.2, 0.25) is 5.02 Å². The van der Waals surface area contributed by atoms with E-state index in [0.717, 1.165) is 11.3 Å². The number of benzene rings is 1. The number of carbonyl (C=O) groups is 1. The second-order valence-corrected chi connectivity index (χ2v) is 3.41. The number of amides is 1. The minimum absolute atomic E-state index is 0.139. The summed E-state index contributed by atoms with van der Waals surface area (Å²) in [4.78, 5) is 11.5. The fourth-order valence-electron chi connectivity index (χ4n) is 1.39. The minimum atomic E-state index is -0.139. The van der Waals surface area contributed by atoms with E-state index < -0.39 is 0 Å². The molecule has 0 aromatic heterocycles. The van der Waals surface area contributed by atoms with Gasteiger partial charge in [-0.3, -0.25) is 4.79 Å². The average molecular weight is 213 g/mol. The number of aryl methyl sites for hydroxylation is 1. The van der Waals surface area contributed by atoms with Crippen molar-refractivity contribution in [1.82, 2.24) is 5.32 Å². The lowest BCUT2D eigenvalue weighted by atomic mass is 10.1. The smallest absolute Gasteiger partial charge is 0.253 e. The molecule has 0 saturated carbocycles. The van der Waals surface area contributed by atoms with Crippen molar-refractivity contribution in [2.75, 3.05) is 19.4 Å². The molecule has 1 aromatic rings. The van der Waals surface area contributed by atoms with Crippen LogP contribution in [0.1, 0.15) is 15.9 Å². The number of halogens is 1. The normalized spacial score (nSPS) is 9.71. The van der Waals surface area contributed by atoms with Gasteiger partial charge in [0, 0.05) is 24.8 Å². The zero-order chi connectivity index (χ0) is 10.7. The van der Waals surface area contributed by atoms with Gasteiger partial charge in [0.15, 0.2) is 0 Å². The van der Waals surface area contributed by atoms with E-state index in [0.29, 0.717) is 10.6 Å². The molecule has 0 fully saturated rings. The molecule has 1 rings (SSSR count). The molecular weight excluding hydrogens is 200 g/mol. The molecule has 0 heterocycles. The lowest BCUT2D eigenvalue weighted by molar-refractivity contribution is 0.0964. The van der Waals surface area contributed by atoms with Gasteiger partial charge in [0.05, 0.1) is 5.56 Å². The van der Waals surface area contributed by atoms with Crippen molar-refractivity contribution in [1.29, 1.82) is 0 Å². The number of rotatable bonds is 2. The Labute approximate surface area is 88.5 Å². The van der Waals surface area contributed by atoms with Gasteiger partial charge in [-0.25, -0.2) is 0 Å². The van der Waals surface area contributed by atoms with Crippen LogP contribution < -0.4 is 10.6 Å². The van der Waals surface area contributed by atoms with Crippen molar-refractivity contribution < 1.29 is 4.79 Å². The minimum Gasteiger partial charge on any atom is -0.387 e. The van der Waals surface area contributed by atoms with Gasteiger partial charge >= 0.3 is 0 Å². The Morgan fingerprint density at radius 2 is 2.00 bits per heavy atom. The third-order valence-electron chi connectivity index (χ3n) is 2.02. The molecule has 4 heteroatoms. The van der Waals surface area contributed by atoms with Crippen molar-refractivity contribution in [3.8, 4) is 0 Å². The highest BCUT2D eigenvalue weighted by atomic mass is 35.5. The first kappa shape index (κ1) is 10.9.